The number of hydrogen-bond donors (Lipinski definition) is 0. The third-order valence-electron chi connectivity index (χ3n) is 2.69. The number of ether oxygens (including phenoxy) is 1. The van der Waals surface area contributed by atoms with E-state index >= 15 is 0 Å². The molecule has 0 amide bonds. The summed E-state index contributed by atoms with van der Waals surface area (Å²) in [6.07, 6.45) is 0. The fourth-order valence-corrected chi connectivity index (χ4v) is 2.07. The molecule has 0 radical (unpaired) electrons. The number of nitrogens with zero attached hydrogens (tertiary/aromatic N) is 1. The molecule has 96 valence electrons. The first-order valence-corrected chi connectivity index (χ1v) is 6.25. The van der Waals surface area contributed by atoms with E-state index in [1.165, 1.54) is 7.11 Å². The summed E-state index contributed by atoms with van der Waals surface area (Å²) in [4.78, 5) is 11.7. The van der Waals surface area contributed by atoms with Gasteiger partial charge in [-0.05, 0) is 19.1 Å². The second-order valence-corrected chi connectivity index (χ2v) is 4.76. The first-order chi connectivity index (χ1) is 9.08. The van der Waals surface area contributed by atoms with Gasteiger partial charge in [0.1, 0.15) is 23.0 Å². The van der Waals surface area contributed by atoms with E-state index in [1.54, 1.807) is 6.92 Å². The molecular weight excluding hydrogens is 310 g/mol. The highest BCUT2D eigenvalue weighted by atomic mass is 79.9. The molecule has 0 aliphatic heterocycles. The van der Waals surface area contributed by atoms with Crippen LogP contribution >= 0.6 is 15.9 Å². The lowest BCUT2D eigenvalue weighted by Crippen LogP contribution is -2.03. The van der Waals surface area contributed by atoms with Crippen LogP contribution in [0.1, 0.15) is 21.7 Å². The van der Waals surface area contributed by atoms with Gasteiger partial charge in [-0.1, -0.05) is 28.1 Å². The lowest BCUT2D eigenvalue weighted by molar-refractivity contribution is 0.0598. The fraction of sp³-hybridized carbons (Fsp3) is 0.143. The lowest BCUT2D eigenvalue weighted by Gasteiger charge is -1.98. The number of esters is 1. The molecule has 0 saturated carbocycles. The summed E-state index contributed by atoms with van der Waals surface area (Å²) >= 11 is 3.34. The average Bonchev–Trinajstić information content (AvgIpc) is 2.75. The van der Waals surface area contributed by atoms with Gasteiger partial charge in [0, 0.05) is 10.0 Å². The molecule has 0 unspecified atom stereocenters. The van der Waals surface area contributed by atoms with Crippen molar-refractivity contribution in [3.05, 3.63) is 45.6 Å². The number of carbonyl (C=O) groups excluding carboxylic acids is 1. The molecule has 0 saturated heterocycles. The van der Waals surface area contributed by atoms with Gasteiger partial charge < -0.3 is 9.15 Å². The minimum atomic E-state index is -0.568. The van der Waals surface area contributed by atoms with Crippen LogP contribution in [0.2, 0.25) is 0 Å². The third kappa shape index (κ3) is 2.40. The smallest absolute Gasteiger partial charge is 0.342 e. The van der Waals surface area contributed by atoms with Crippen molar-refractivity contribution in [3.8, 4) is 17.4 Å². The monoisotopic (exact) mass is 319 g/mol. The zero-order valence-electron chi connectivity index (χ0n) is 10.4. The SMILES string of the molecule is COC(=O)c1c(C)oc(-c2ccc(Br)cc2)c1C#N. The Bertz CT molecular complexity index is 665. The van der Waals surface area contributed by atoms with Crippen molar-refractivity contribution in [3.63, 3.8) is 0 Å². The second kappa shape index (κ2) is 5.29. The molecule has 19 heavy (non-hydrogen) atoms. The fourth-order valence-electron chi connectivity index (χ4n) is 1.80. The number of nitriles is 1. The standard InChI is InChI=1S/C14H10BrNO3/c1-8-12(14(17)18-2)11(7-16)13(19-8)9-3-5-10(15)6-4-9/h3-6H,1-2H3. The summed E-state index contributed by atoms with van der Waals surface area (Å²) in [5.41, 5.74) is 1.12. The maximum atomic E-state index is 11.7. The van der Waals surface area contributed by atoms with Crippen molar-refractivity contribution in [1.29, 1.82) is 5.26 Å². The molecule has 1 aromatic carbocycles. The van der Waals surface area contributed by atoms with Crippen LogP contribution in [0.3, 0.4) is 0 Å². The first kappa shape index (κ1) is 13.4. The van der Waals surface area contributed by atoms with Crippen LogP contribution < -0.4 is 0 Å². The van der Waals surface area contributed by atoms with Gasteiger partial charge in [-0.3, -0.25) is 0 Å². The number of halogens is 1. The molecule has 0 bridgehead atoms. The highest BCUT2D eigenvalue weighted by molar-refractivity contribution is 9.10. The van der Waals surface area contributed by atoms with Crippen molar-refractivity contribution in [2.24, 2.45) is 0 Å². The van der Waals surface area contributed by atoms with Gasteiger partial charge in [0.05, 0.1) is 7.11 Å². The Morgan fingerprint density at radius 2 is 2.00 bits per heavy atom. The Hall–Kier alpha value is -2.06. The van der Waals surface area contributed by atoms with Crippen LogP contribution in [-0.2, 0) is 4.74 Å². The van der Waals surface area contributed by atoms with Gasteiger partial charge >= 0.3 is 5.97 Å². The minimum Gasteiger partial charge on any atom is -0.465 e. The molecule has 5 heteroatoms. The Morgan fingerprint density at radius 1 is 1.37 bits per heavy atom. The molecule has 0 aliphatic carbocycles. The number of rotatable bonds is 2. The molecule has 4 nitrogen and oxygen atoms in total. The molecule has 0 fully saturated rings. The number of methoxy groups -OCH3 is 1. The van der Waals surface area contributed by atoms with Gasteiger partial charge in [0.25, 0.3) is 0 Å². The number of aryl methyl sites for hydroxylation is 1. The molecule has 2 aromatic rings. The summed E-state index contributed by atoms with van der Waals surface area (Å²) in [5, 5.41) is 9.25. The number of furan rings is 1. The molecular formula is C14H10BrNO3. The largest absolute Gasteiger partial charge is 0.465 e. The maximum Gasteiger partial charge on any atom is 0.342 e. The van der Waals surface area contributed by atoms with Gasteiger partial charge in [0.15, 0.2) is 5.76 Å². The molecule has 0 aliphatic rings. The third-order valence-corrected chi connectivity index (χ3v) is 3.22. The van der Waals surface area contributed by atoms with Crippen molar-refractivity contribution < 1.29 is 13.9 Å². The van der Waals surface area contributed by atoms with Crippen LogP contribution in [0.4, 0.5) is 0 Å². The number of benzene rings is 1. The van der Waals surface area contributed by atoms with Crippen molar-refractivity contribution in [1.82, 2.24) is 0 Å². The number of hydrogen-bond acceptors (Lipinski definition) is 4. The van der Waals surface area contributed by atoms with Crippen molar-refractivity contribution in [2.45, 2.75) is 6.92 Å². The first-order valence-electron chi connectivity index (χ1n) is 5.46. The molecule has 0 N–H and O–H groups in total. The van der Waals surface area contributed by atoms with E-state index in [4.69, 9.17) is 4.42 Å². The lowest BCUT2D eigenvalue weighted by atomic mass is 10.1. The normalized spacial score (nSPS) is 10.0. The highest BCUT2D eigenvalue weighted by Gasteiger charge is 2.24. The highest BCUT2D eigenvalue weighted by Crippen LogP contribution is 2.31. The molecule has 0 atom stereocenters. The van der Waals surface area contributed by atoms with Crippen molar-refractivity contribution >= 4 is 21.9 Å². The van der Waals surface area contributed by atoms with Gasteiger partial charge in [-0.25, -0.2) is 4.79 Å². The van der Waals surface area contributed by atoms with E-state index in [9.17, 15) is 10.1 Å². The summed E-state index contributed by atoms with van der Waals surface area (Å²) in [6, 6.07) is 9.31. The summed E-state index contributed by atoms with van der Waals surface area (Å²) < 4.78 is 11.1. The van der Waals surface area contributed by atoms with Crippen molar-refractivity contribution in [2.75, 3.05) is 7.11 Å². The van der Waals surface area contributed by atoms with E-state index in [-0.39, 0.29) is 11.1 Å². The topological polar surface area (TPSA) is 63.2 Å². The Labute approximate surface area is 118 Å². The number of carbonyl (C=O) groups is 1. The van der Waals surface area contributed by atoms with E-state index in [0.717, 1.165) is 10.0 Å². The van der Waals surface area contributed by atoms with Crippen LogP contribution in [0.25, 0.3) is 11.3 Å². The van der Waals surface area contributed by atoms with Gasteiger partial charge in [-0.15, -0.1) is 0 Å². The molecule has 1 heterocycles. The summed E-state index contributed by atoms with van der Waals surface area (Å²) in [6.45, 7) is 1.63. The Morgan fingerprint density at radius 3 is 2.53 bits per heavy atom. The van der Waals surface area contributed by atoms with Gasteiger partial charge in [-0.2, -0.15) is 5.26 Å². The van der Waals surface area contributed by atoms with Gasteiger partial charge in [0.2, 0.25) is 0 Å². The molecule has 0 spiro atoms. The zero-order chi connectivity index (χ0) is 14.0. The van der Waals surface area contributed by atoms with Crippen LogP contribution in [0.15, 0.2) is 33.2 Å². The average molecular weight is 320 g/mol. The van der Waals surface area contributed by atoms with E-state index in [0.29, 0.717) is 11.5 Å². The Balaban J connectivity index is 2.63. The second-order valence-electron chi connectivity index (χ2n) is 3.85. The summed E-state index contributed by atoms with van der Waals surface area (Å²) in [7, 11) is 1.27. The molecule has 1 aromatic heterocycles. The zero-order valence-corrected chi connectivity index (χ0v) is 11.9. The van der Waals surface area contributed by atoms with E-state index in [2.05, 4.69) is 20.7 Å². The van der Waals surface area contributed by atoms with E-state index in [1.807, 2.05) is 30.3 Å². The van der Waals surface area contributed by atoms with Crippen LogP contribution in [0, 0.1) is 18.3 Å². The van der Waals surface area contributed by atoms with E-state index < -0.39 is 5.97 Å². The predicted molar refractivity (Wildman–Crippen MR) is 72.6 cm³/mol. The molecule has 2 rings (SSSR count). The summed E-state index contributed by atoms with van der Waals surface area (Å²) in [5.74, 6) is 0.190. The quantitative estimate of drug-likeness (QED) is 0.792. The van der Waals surface area contributed by atoms with Crippen LogP contribution in [0.5, 0.6) is 0 Å². The predicted octanol–water partition coefficient (Wildman–Crippen LogP) is 3.68. The maximum absolute atomic E-state index is 11.7. The minimum absolute atomic E-state index is 0.183. The van der Waals surface area contributed by atoms with Crippen LogP contribution in [-0.4, -0.2) is 13.1 Å². The Kier molecular flexibility index (Phi) is 3.72.